The first-order valence-corrected chi connectivity index (χ1v) is 11.0. The van der Waals surface area contributed by atoms with Crippen molar-refractivity contribution in [2.24, 2.45) is 0 Å². The highest BCUT2D eigenvalue weighted by atomic mass is 28.4. The third-order valence-electron chi connectivity index (χ3n) is 4.71. The summed E-state index contributed by atoms with van der Waals surface area (Å²) >= 11 is 0. The minimum atomic E-state index is -2.00. The average Bonchev–Trinajstić information content (AvgIpc) is 2.73. The van der Waals surface area contributed by atoms with E-state index in [1.807, 2.05) is 20.9 Å². The Bertz CT molecular complexity index is 419. The highest BCUT2D eigenvalue weighted by molar-refractivity contribution is 6.74. The molecule has 23 heavy (non-hydrogen) atoms. The van der Waals surface area contributed by atoms with Gasteiger partial charge in [0.25, 0.3) is 0 Å². The Morgan fingerprint density at radius 2 is 1.96 bits per heavy atom. The summed E-state index contributed by atoms with van der Waals surface area (Å²) in [6.45, 7) is 15.1. The van der Waals surface area contributed by atoms with E-state index in [2.05, 4.69) is 33.9 Å². The van der Waals surface area contributed by atoms with Crippen molar-refractivity contribution >= 4 is 14.3 Å². The van der Waals surface area contributed by atoms with Crippen LogP contribution in [0.5, 0.6) is 0 Å². The average molecular weight is 348 g/mol. The molecule has 1 fully saturated rings. The second-order valence-electron chi connectivity index (χ2n) is 8.11. The molecule has 1 heterocycles. The zero-order valence-electron chi connectivity index (χ0n) is 16.1. The van der Waals surface area contributed by atoms with Crippen molar-refractivity contribution in [2.45, 2.75) is 77.1 Å². The van der Waals surface area contributed by atoms with Crippen LogP contribution in [0.4, 0.5) is 0 Å². The Morgan fingerprint density at radius 3 is 2.35 bits per heavy atom. The molecule has 0 spiro atoms. The van der Waals surface area contributed by atoms with E-state index >= 15 is 0 Å². The van der Waals surface area contributed by atoms with Gasteiger partial charge in [-0.05, 0) is 32.0 Å². The molecule has 2 atom stereocenters. The van der Waals surface area contributed by atoms with Crippen LogP contribution in [-0.2, 0) is 23.5 Å². The molecule has 0 saturated carbocycles. The number of hydrogen-bond acceptors (Lipinski definition) is 6. The number of likely N-dealkylation sites (N-methyl/N-ethyl adjacent to an activating group) is 1. The normalized spacial score (nSPS) is 23.1. The van der Waals surface area contributed by atoms with Crippen LogP contribution in [0.15, 0.2) is 0 Å². The Balaban J connectivity index is 2.89. The van der Waals surface area contributed by atoms with Gasteiger partial charge in [-0.25, -0.2) is 0 Å². The summed E-state index contributed by atoms with van der Waals surface area (Å²) in [5, 5.41) is 1.85. The minimum absolute atomic E-state index is 0.0728. The van der Waals surface area contributed by atoms with Crippen LogP contribution in [0.25, 0.3) is 0 Å². The lowest BCUT2D eigenvalue weighted by molar-refractivity contribution is -0.176. The summed E-state index contributed by atoms with van der Waals surface area (Å²) in [5.41, 5.74) is 0. The molecule has 0 aromatic carbocycles. The first kappa shape index (κ1) is 20.6. The second kappa shape index (κ2) is 7.19. The highest BCUT2D eigenvalue weighted by Gasteiger charge is 2.44. The first-order chi connectivity index (χ1) is 10.3. The third-order valence-corrected chi connectivity index (χ3v) is 9.07. The molecule has 0 unspecified atom stereocenters. The molecule has 1 rings (SSSR count). The summed E-state index contributed by atoms with van der Waals surface area (Å²) < 4.78 is 22.7. The van der Waals surface area contributed by atoms with E-state index in [9.17, 15) is 4.79 Å². The zero-order valence-corrected chi connectivity index (χ0v) is 17.1. The van der Waals surface area contributed by atoms with Gasteiger partial charge in [0.05, 0.1) is 26.2 Å². The van der Waals surface area contributed by atoms with Gasteiger partial charge in [-0.3, -0.25) is 4.79 Å². The molecule has 0 amide bonds. The van der Waals surface area contributed by atoms with Gasteiger partial charge in [0.2, 0.25) is 8.32 Å². The molecule has 1 aliphatic rings. The van der Waals surface area contributed by atoms with E-state index in [4.69, 9.17) is 18.7 Å². The number of methoxy groups -OCH3 is 1. The standard InChI is InChI=1S/C16H33NO5Si/c1-15(2,3)23(8,9)22-17(6)12(10-14(18)19-7)13-11-20-16(4,5)21-13/h12-13H,10-11H2,1-9H3/t12-,13-/m1/s1. The van der Waals surface area contributed by atoms with Gasteiger partial charge in [-0.1, -0.05) is 20.8 Å². The number of carbonyl (C=O) groups is 1. The Morgan fingerprint density at radius 1 is 1.39 bits per heavy atom. The summed E-state index contributed by atoms with van der Waals surface area (Å²) in [6.07, 6.45) is -0.0370. The minimum Gasteiger partial charge on any atom is -0.469 e. The lowest BCUT2D eigenvalue weighted by Gasteiger charge is -2.42. The van der Waals surface area contributed by atoms with E-state index in [1.54, 1.807) is 5.06 Å². The summed E-state index contributed by atoms with van der Waals surface area (Å²) in [7, 11) is 1.26. The van der Waals surface area contributed by atoms with Crippen molar-refractivity contribution in [1.29, 1.82) is 0 Å². The third kappa shape index (κ3) is 5.53. The highest BCUT2D eigenvalue weighted by Crippen LogP contribution is 2.38. The van der Waals surface area contributed by atoms with Crippen molar-refractivity contribution in [1.82, 2.24) is 5.06 Å². The number of esters is 1. The number of hydrogen-bond donors (Lipinski definition) is 0. The van der Waals surface area contributed by atoms with Gasteiger partial charge in [0.15, 0.2) is 5.79 Å². The van der Waals surface area contributed by atoms with Gasteiger partial charge >= 0.3 is 5.97 Å². The quantitative estimate of drug-likeness (QED) is 0.418. The van der Waals surface area contributed by atoms with Crippen LogP contribution in [0, 0.1) is 0 Å². The van der Waals surface area contributed by atoms with Crippen LogP contribution in [0.1, 0.15) is 41.0 Å². The number of carbonyl (C=O) groups excluding carboxylic acids is 1. The summed E-state index contributed by atoms with van der Waals surface area (Å²) in [5.74, 6) is -0.925. The maximum Gasteiger partial charge on any atom is 0.307 e. The van der Waals surface area contributed by atoms with Crippen molar-refractivity contribution in [3.8, 4) is 0 Å². The topological polar surface area (TPSA) is 57.2 Å². The number of rotatable bonds is 6. The van der Waals surface area contributed by atoms with Crippen LogP contribution in [0.3, 0.4) is 0 Å². The summed E-state index contributed by atoms with van der Waals surface area (Å²) in [6, 6.07) is -0.252. The van der Waals surface area contributed by atoms with E-state index < -0.39 is 14.1 Å². The predicted molar refractivity (Wildman–Crippen MR) is 91.4 cm³/mol. The van der Waals surface area contributed by atoms with E-state index in [0.717, 1.165) is 0 Å². The lowest BCUT2D eigenvalue weighted by Crippen LogP contribution is -2.52. The van der Waals surface area contributed by atoms with Crippen molar-refractivity contribution in [2.75, 3.05) is 20.8 Å². The fourth-order valence-corrected chi connectivity index (χ4v) is 3.35. The van der Waals surface area contributed by atoms with Gasteiger partial charge in [-0.2, -0.15) is 5.06 Å². The van der Waals surface area contributed by atoms with Gasteiger partial charge < -0.3 is 18.7 Å². The zero-order chi connectivity index (χ0) is 18.1. The molecule has 136 valence electrons. The Labute approximate surface area is 141 Å². The van der Waals surface area contributed by atoms with Gasteiger partial charge in [0, 0.05) is 7.05 Å². The molecular formula is C16H33NO5Si. The first-order valence-electron chi connectivity index (χ1n) is 8.09. The second-order valence-corrected chi connectivity index (χ2v) is 12.8. The van der Waals surface area contributed by atoms with E-state index in [0.29, 0.717) is 6.61 Å². The molecule has 7 heteroatoms. The number of hydroxylamine groups is 2. The fourth-order valence-electron chi connectivity index (χ4n) is 2.22. The summed E-state index contributed by atoms with van der Waals surface area (Å²) in [4.78, 5) is 11.8. The van der Waals surface area contributed by atoms with Crippen molar-refractivity contribution < 1.29 is 23.5 Å². The van der Waals surface area contributed by atoms with Crippen molar-refractivity contribution in [3.63, 3.8) is 0 Å². The largest absolute Gasteiger partial charge is 0.469 e. The molecule has 0 radical (unpaired) electrons. The fraction of sp³-hybridized carbons (Fsp3) is 0.938. The van der Waals surface area contributed by atoms with E-state index in [1.165, 1.54) is 7.11 Å². The van der Waals surface area contributed by atoms with Crippen LogP contribution in [0.2, 0.25) is 18.1 Å². The van der Waals surface area contributed by atoms with Crippen LogP contribution >= 0.6 is 0 Å². The SMILES string of the molecule is COC(=O)C[C@H]([C@H]1COC(C)(C)O1)N(C)O[Si](C)(C)C(C)(C)C. The molecule has 1 saturated heterocycles. The molecule has 0 bridgehead atoms. The monoisotopic (exact) mass is 347 g/mol. The Hall–Kier alpha value is -0.473. The lowest BCUT2D eigenvalue weighted by atomic mass is 10.1. The molecule has 0 aromatic heterocycles. The molecular weight excluding hydrogens is 314 g/mol. The number of nitrogens with zero attached hydrogens (tertiary/aromatic N) is 1. The predicted octanol–water partition coefficient (Wildman–Crippen LogP) is 2.94. The van der Waals surface area contributed by atoms with Gasteiger partial charge in [0.1, 0.15) is 6.10 Å². The Kier molecular flexibility index (Phi) is 6.43. The molecule has 0 aliphatic carbocycles. The van der Waals surface area contributed by atoms with Gasteiger partial charge in [-0.15, -0.1) is 0 Å². The van der Waals surface area contributed by atoms with Crippen molar-refractivity contribution in [3.05, 3.63) is 0 Å². The molecule has 0 aromatic rings. The van der Waals surface area contributed by atoms with Crippen LogP contribution in [-0.4, -0.2) is 58.0 Å². The molecule has 1 aliphatic heterocycles. The molecule has 0 N–H and O–H groups in total. The maximum absolute atomic E-state index is 11.8. The van der Waals surface area contributed by atoms with Crippen LogP contribution < -0.4 is 0 Å². The number of ether oxygens (including phenoxy) is 3. The smallest absolute Gasteiger partial charge is 0.307 e. The maximum atomic E-state index is 11.8. The van der Waals surface area contributed by atoms with E-state index in [-0.39, 0.29) is 29.6 Å². The molecule has 6 nitrogen and oxygen atoms in total.